The van der Waals surface area contributed by atoms with Gasteiger partial charge in [-0.1, -0.05) is 0 Å². The molecule has 1 saturated heterocycles. The minimum Gasteiger partial charge on any atom is -0.387 e. The van der Waals surface area contributed by atoms with Crippen LogP contribution in [0.4, 0.5) is 5.82 Å². The van der Waals surface area contributed by atoms with Crippen molar-refractivity contribution < 1.29 is 47.6 Å². The van der Waals surface area contributed by atoms with E-state index in [-0.39, 0.29) is 5.82 Å². The highest BCUT2D eigenvalue weighted by atomic mass is 31.3. The van der Waals surface area contributed by atoms with Crippen LogP contribution in [0.1, 0.15) is 6.23 Å². The van der Waals surface area contributed by atoms with Crippen molar-refractivity contribution in [2.75, 3.05) is 12.3 Å². The van der Waals surface area contributed by atoms with Crippen molar-refractivity contribution in [2.24, 2.45) is 0 Å². The maximum atomic E-state index is 11.6. The fourth-order valence-corrected chi connectivity index (χ4v) is 4.82. The van der Waals surface area contributed by atoms with Gasteiger partial charge in [-0.15, -0.1) is 0 Å². The van der Waals surface area contributed by atoms with Crippen molar-refractivity contribution in [3.8, 4) is 0 Å². The minimum atomic E-state index is -5.30. The van der Waals surface area contributed by atoms with Crippen LogP contribution in [0.2, 0.25) is 0 Å². The molecule has 2 aromatic heterocycles. The van der Waals surface area contributed by atoms with Gasteiger partial charge in [0.25, 0.3) is 0 Å². The van der Waals surface area contributed by atoms with E-state index in [2.05, 4.69) is 23.8 Å². The second-order valence-electron chi connectivity index (χ2n) is 6.65. The van der Waals surface area contributed by atoms with Crippen LogP contribution in [0.25, 0.3) is 21.9 Å². The molecule has 0 spiro atoms. The summed E-state index contributed by atoms with van der Waals surface area (Å²) in [5.41, 5.74) is 7.31. The van der Waals surface area contributed by atoms with Gasteiger partial charge < -0.3 is 39.9 Å². The fourth-order valence-electron chi connectivity index (χ4n) is 3.22. The molecular weight excluding hydrogens is 460 g/mol. The Morgan fingerprint density at radius 3 is 2.55 bits per heavy atom. The third-order valence-electron chi connectivity index (χ3n) is 4.58. The highest BCUT2D eigenvalue weighted by molar-refractivity contribution is 7.60. The lowest BCUT2D eigenvalue weighted by molar-refractivity contribution is -0.0501. The number of nitrogen functional groups attached to an aromatic ring is 1. The molecule has 4 rings (SSSR count). The average molecular weight is 477 g/mol. The van der Waals surface area contributed by atoms with E-state index in [1.165, 1.54) is 17.2 Å². The largest absolute Gasteiger partial charge is 0.481 e. The van der Waals surface area contributed by atoms with Crippen molar-refractivity contribution in [1.29, 1.82) is 0 Å². The van der Waals surface area contributed by atoms with Gasteiger partial charge in [-0.25, -0.2) is 24.1 Å². The number of aliphatic hydroxyl groups excluding tert-OH is 2. The van der Waals surface area contributed by atoms with Gasteiger partial charge in [0.1, 0.15) is 30.5 Å². The number of hydrogen-bond acceptors (Lipinski definition) is 11. The van der Waals surface area contributed by atoms with E-state index < -0.39 is 46.8 Å². The highest BCUT2D eigenvalue weighted by Gasteiger charge is 2.45. The summed E-state index contributed by atoms with van der Waals surface area (Å²) in [6.07, 6.45) is -2.89. The number of rotatable bonds is 6. The molecule has 0 amide bonds. The van der Waals surface area contributed by atoms with Crippen LogP contribution in [-0.2, 0) is 22.7 Å². The van der Waals surface area contributed by atoms with Crippen molar-refractivity contribution in [3.63, 3.8) is 0 Å². The summed E-state index contributed by atoms with van der Waals surface area (Å²) in [5.74, 6) is 0.261. The van der Waals surface area contributed by atoms with Crippen LogP contribution >= 0.6 is 15.6 Å². The number of fused-ring (bicyclic) bond motifs is 2. The monoisotopic (exact) mass is 477 g/mol. The molecule has 0 aliphatic carbocycles. The third kappa shape index (κ3) is 4.47. The summed E-state index contributed by atoms with van der Waals surface area (Å²) in [7, 11) is -10.4. The average Bonchev–Trinajstić information content (AvgIpc) is 3.18. The molecule has 15 nitrogen and oxygen atoms in total. The Morgan fingerprint density at radius 2 is 1.84 bits per heavy atom. The molecule has 168 valence electrons. The predicted molar refractivity (Wildman–Crippen MR) is 102 cm³/mol. The smallest absolute Gasteiger partial charge is 0.387 e. The van der Waals surface area contributed by atoms with Crippen LogP contribution in [-0.4, -0.2) is 69.3 Å². The lowest BCUT2D eigenvalue weighted by atomic mass is 10.1. The van der Waals surface area contributed by atoms with E-state index in [9.17, 15) is 24.2 Å². The quantitative estimate of drug-likeness (QED) is 0.244. The minimum absolute atomic E-state index is 0.261. The van der Waals surface area contributed by atoms with Crippen molar-refractivity contribution in [3.05, 3.63) is 24.8 Å². The van der Waals surface area contributed by atoms with E-state index in [0.717, 1.165) is 0 Å². The zero-order chi connectivity index (χ0) is 22.6. The lowest BCUT2D eigenvalue weighted by Crippen LogP contribution is -2.33. The standard InChI is InChI=1S/C14H17N5O10P2/c15-13-6-1-8-9(2-7(6)16-4-17-13)19(5-18-8)14-12(21)11(20)10(28-14)3-27-31(25,26)29-30(22,23)24/h1-2,4-5,10-12,14,20-21H,3H2,(H,25,26)(H2,15,16,17)(H2,22,23,24). The van der Waals surface area contributed by atoms with Gasteiger partial charge in [0, 0.05) is 5.39 Å². The van der Waals surface area contributed by atoms with Crippen LogP contribution in [0.15, 0.2) is 24.8 Å². The number of hydrogen-bond donors (Lipinski definition) is 6. The summed E-state index contributed by atoms with van der Waals surface area (Å²) in [6.45, 7) is -0.804. The molecule has 3 aromatic rings. The molecule has 0 radical (unpaired) electrons. The SMILES string of the molecule is Nc1ncnc2cc3c(cc12)ncn3C1OC(COP(=O)(O)OP(=O)(O)O)C(O)C1O. The number of aromatic nitrogens is 4. The van der Waals surface area contributed by atoms with Crippen molar-refractivity contribution in [1.82, 2.24) is 19.5 Å². The van der Waals surface area contributed by atoms with Gasteiger partial charge in [0.05, 0.1) is 29.5 Å². The molecule has 3 heterocycles. The van der Waals surface area contributed by atoms with Gasteiger partial charge in [-0.2, -0.15) is 4.31 Å². The molecule has 31 heavy (non-hydrogen) atoms. The summed E-state index contributed by atoms with van der Waals surface area (Å²) in [6, 6.07) is 3.29. The molecular formula is C14H17N5O10P2. The van der Waals surface area contributed by atoms with Gasteiger partial charge in [0.15, 0.2) is 6.23 Å². The van der Waals surface area contributed by atoms with E-state index in [0.29, 0.717) is 21.9 Å². The Balaban J connectivity index is 1.57. The van der Waals surface area contributed by atoms with E-state index >= 15 is 0 Å². The number of imidazole rings is 1. The molecule has 1 aromatic carbocycles. The first-order chi connectivity index (χ1) is 14.5. The Labute approximate surface area is 172 Å². The first-order valence-electron chi connectivity index (χ1n) is 8.58. The van der Waals surface area contributed by atoms with E-state index in [4.69, 9.17) is 20.3 Å². The Bertz CT molecular complexity index is 1230. The molecule has 1 aliphatic rings. The van der Waals surface area contributed by atoms with Crippen LogP contribution in [0.5, 0.6) is 0 Å². The maximum absolute atomic E-state index is 11.6. The fraction of sp³-hybridized carbons (Fsp3) is 0.357. The first kappa shape index (κ1) is 22.2. The van der Waals surface area contributed by atoms with E-state index in [1.54, 1.807) is 12.1 Å². The Morgan fingerprint density at radius 1 is 1.10 bits per heavy atom. The number of aliphatic hydroxyl groups is 2. The van der Waals surface area contributed by atoms with E-state index in [1.807, 2.05) is 0 Å². The number of nitrogens with two attached hydrogens (primary N) is 1. The second kappa shape index (κ2) is 7.83. The summed E-state index contributed by atoms with van der Waals surface area (Å²) in [4.78, 5) is 38.9. The van der Waals surface area contributed by atoms with Crippen molar-refractivity contribution in [2.45, 2.75) is 24.5 Å². The zero-order valence-electron chi connectivity index (χ0n) is 15.4. The number of ether oxygens (including phenoxy) is 1. The molecule has 5 atom stereocenters. The zero-order valence-corrected chi connectivity index (χ0v) is 17.2. The molecule has 1 fully saturated rings. The van der Waals surface area contributed by atoms with Gasteiger partial charge >= 0.3 is 15.6 Å². The second-order valence-corrected chi connectivity index (χ2v) is 9.48. The maximum Gasteiger partial charge on any atom is 0.481 e. The Hall–Kier alpha value is -2.03. The van der Waals surface area contributed by atoms with Crippen LogP contribution < -0.4 is 5.73 Å². The third-order valence-corrected chi connectivity index (χ3v) is 6.74. The molecule has 7 N–H and O–H groups in total. The molecule has 0 saturated carbocycles. The van der Waals surface area contributed by atoms with Gasteiger partial charge in [-0.3, -0.25) is 4.52 Å². The number of phosphoric acid groups is 2. The van der Waals surface area contributed by atoms with Gasteiger partial charge in [-0.05, 0) is 12.1 Å². The molecule has 5 unspecified atom stereocenters. The highest BCUT2D eigenvalue weighted by Crippen LogP contribution is 2.57. The summed E-state index contributed by atoms with van der Waals surface area (Å²) >= 11 is 0. The van der Waals surface area contributed by atoms with Gasteiger partial charge in [0.2, 0.25) is 0 Å². The number of nitrogens with zero attached hydrogens (tertiary/aromatic N) is 4. The number of phosphoric ester groups is 1. The first-order valence-corrected chi connectivity index (χ1v) is 11.6. The molecule has 17 heteroatoms. The Kier molecular flexibility index (Phi) is 5.60. The van der Waals surface area contributed by atoms with Crippen LogP contribution in [0.3, 0.4) is 0 Å². The topological polar surface area (TPSA) is 233 Å². The summed E-state index contributed by atoms with van der Waals surface area (Å²) < 4.78 is 37.4. The number of benzene rings is 1. The number of anilines is 1. The summed E-state index contributed by atoms with van der Waals surface area (Å²) in [5, 5.41) is 21.2. The van der Waals surface area contributed by atoms with Crippen molar-refractivity contribution >= 4 is 43.4 Å². The molecule has 1 aliphatic heterocycles. The predicted octanol–water partition coefficient (Wildman–Crippen LogP) is -0.593. The molecule has 0 bridgehead atoms. The lowest BCUT2D eigenvalue weighted by Gasteiger charge is -2.18. The normalized spacial score (nSPS) is 26.5. The van der Waals surface area contributed by atoms with Crippen LogP contribution in [0, 0.1) is 0 Å².